The number of para-hydroxylation sites is 1. The first kappa shape index (κ1) is 11.5. The molecule has 0 atom stereocenters. The molecule has 0 unspecified atom stereocenters. The Morgan fingerprint density at radius 2 is 1.77 bits per heavy atom. The third kappa shape index (κ3) is 3.60. The van der Waals surface area contributed by atoms with Gasteiger partial charge in [-0.1, -0.05) is 22.0 Å². The van der Waals surface area contributed by atoms with E-state index < -0.39 is 0 Å². The van der Waals surface area contributed by atoms with E-state index in [4.69, 9.17) is 4.74 Å². The molecule has 1 nitrogen and oxygen atoms in total. The van der Waals surface area contributed by atoms with Crippen LogP contribution in [0, 0.1) is 0 Å². The van der Waals surface area contributed by atoms with Gasteiger partial charge in [-0.2, -0.15) is 0 Å². The zero-order chi connectivity index (χ0) is 9.68. The van der Waals surface area contributed by atoms with E-state index in [1.165, 1.54) is 0 Å². The summed E-state index contributed by atoms with van der Waals surface area (Å²) in [5.74, 6) is 0.878. The first-order valence-electron chi connectivity index (χ1n) is 3.88. The molecule has 0 aliphatic heterocycles. The molecule has 1 aromatic carbocycles. The van der Waals surface area contributed by atoms with Crippen LogP contribution in [0.15, 0.2) is 27.1 Å². The standard InChI is InChI=1S/C9H9Br3O/c10-5-2-6-13-9-7(11)3-1-4-8(9)12/h1,3-4H,2,5-6H2. The highest BCUT2D eigenvalue weighted by Gasteiger charge is 2.04. The van der Waals surface area contributed by atoms with Crippen molar-refractivity contribution in [2.24, 2.45) is 0 Å². The van der Waals surface area contributed by atoms with E-state index in [2.05, 4.69) is 47.8 Å². The maximum atomic E-state index is 5.58. The van der Waals surface area contributed by atoms with Crippen molar-refractivity contribution in [1.29, 1.82) is 0 Å². The Hall–Kier alpha value is 0.460. The van der Waals surface area contributed by atoms with Gasteiger partial charge in [0, 0.05) is 5.33 Å². The summed E-state index contributed by atoms with van der Waals surface area (Å²) in [5, 5.41) is 0.967. The molecule has 0 spiro atoms. The van der Waals surface area contributed by atoms with E-state index in [0.29, 0.717) is 0 Å². The smallest absolute Gasteiger partial charge is 0.147 e. The van der Waals surface area contributed by atoms with Crippen molar-refractivity contribution in [2.75, 3.05) is 11.9 Å². The number of alkyl halides is 1. The van der Waals surface area contributed by atoms with Crippen LogP contribution >= 0.6 is 47.8 Å². The number of hydrogen-bond donors (Lipinski definition) is 0. The van der Waals surface area contributed by atoms with Gasteiger partial charge in [0.15, 0.2) is 0 Å². The maximum Gasteiger partial charge on any atom is 0.147 e. The normalized spacial score (nSPS) is 10.1. The lowest BCUT2D eigenvalue weighted by Crippen LogP contribution is -1.98. The summed E-state index contributed by atoms with van der Waals surface area (Å²) in [4.78, 5) is 0. The average molecular weight is 373 g/mol. The predicted molar refractivity (Wildman–Crippen MR) is 65.7 cm³/mol. The van der Waals surface area contributed by atoms with Crippen LogP contribution in [0.2, 0.25) is 0 Å². The van der Waals surface area contributed by atoms with Gasteiger partial charge in [0.1, 0.15) is 5.75 Å². The molecule has 0 bridgehead atoms. The van der Waals surface area contributed by atoms with Crippen LogP contribution in [0.1, 0.15) is 6.42 Å². The monoisotopic (exact) mass is 370 g/mol. The Labute approximate surface area is 103 Å². The number of hydrogen-bond acceptors (Lipinski definition) is 1. The lowest BCUT2D eigenvalue weighted by Gasteiger charge is -2.08. The van der Waals surface area contributed by atoms with Crippen molar-refractivity contribution in [1.82, 2.24) is 0 Å². The third-order valence-electron chi connectivity index (χ3n) is 1.44. The van der Waals surface area contributed by atoms with Crippen LogP contribution in [0.3, 0.4) is 0 Å². The van der Waals surface area contributed by atoms with E-state index in [0.717, 1.165) is 33.1 Å². The van der Waals surface area contributed by atoms with Gasteiger partial charge < -0.3 is 4.74 Å². The highest BCUT2D eigenvalue weighted by molar-refractivity contribution is 9.11. The number of ether oxygens (including phenoxy) is 1. The van der Waals surface area contributed by atoms with Crippen LogP contribution in [0.25, 0.3) is 0 Å². The second kappa shape index (κ2) is 6.04. The summed E-state index contributed by atoms with van der Waals surface area (Å²) in [7, 11) is 0. The molecule has 0 fully saturated rings. The van der Waals surface area contributed by atoms with E-state index >= 15 is 0 Å². The van der Waals surface area contributed by atoms with Crippen LogP contribution in [-0.4, -0.2) is 11.9 Å². The van der Waals surface area contributed by atoms with E-state index in [1.54, 1.807) is 0 Å². The Kier molecular flexibility index (Phi) is 5.36. The fourth-order valence-corrected chi connectivity index (χ4v) is 2.31. The quantitative estimate of drug-likeness (QED) is 0.563. The predicted octanol–water partition coefficient (Wildman–Crippen LogP) is 4.38. The molecular weight excluding hydrogens is 364 g/mol. The molecule has 0 aliphatic rings. The minimum atomic E-state index is 0.729. The number of halogens is 3. The van der Waals surface area contributed by atoms with E-state index in [1.807, 2.05) is 18.2 Å². The van der Waals surface area contributed by atoms with Gasteiger partial charge in [0.25, 0.3) is 0 Å². The van der Waals surface area contributed by atoms with E-state index in [-0.39, 0.29) is 0 Å². The van der Waals surface area contributed by atoms with Gasteiger partial charge in [0.2, 0.25) is 0 Å². The topological polar surface area (TPSA) is 9.23 Å². The third-order valence-corrected chi connectivity index (χ3v) is 3.25. The summed E-state index contributed by atoms with van der Waals surface area (Å²) < 4.78 is 7.55. The second-order valence-corrected chi connectivity index (χ2v) is 4.94. The van der Waals surface area contributed by atoms with Gasteiger partial charge in [-0.15, -0.1) is 0 Å². The Balaban J connectivity index is 2.64. The molecule has 0 amide bonds. The van der Waals surface area contributed by atoms with Gasteiger partial charge in [-0.05, 0) is 50.4 Å². The van der Waals surface area contributed by atoms with Gasteiger partial charge in [0.05, 0.1) is 15.6 Å². The van der Waals surface area contributed by atoms with Crippen molar-refractivity contribution >= 4 is 47.8 Å². The van der Waals surface area contributed by atoms with Crippen molar-refractivity contribution in [2.45, 2.75) is 6.42 Å². The largest absolute Gasteiger partial charge is 0.491 e. The number of rotatable bonds is 4. The summed E-state index contributed by atoms with van der Waals surface area (Å²) in [6.45, 7) is 0.729. The summed E-state index contributed by atoms with van der Waals surface area (Å²) in [5.41, 5.74) is 0. The SMILES string of the molecule is BrCCCOc1c(Br)cccc1Br. The molecular formula is C9H9Br3O. The highest BCUT2D eigenvalue weighted by Crippen LogP contribution is 2.32. The molecule has 0 aromatic heterocycles. The fraction of sp³-hybridized carbons (Fsp3) is 0.333. The van der Waals surface area contributed by atoms with Crippen LogP contribution in [0.5, 0.6) is 5.75 Å². The molecule has 0 heterocycles. The van der Waals surface area contributed by atoms with E-state index in [9.17, 15) is 0 Å². The average Bonchev–Trinajstić information content (AvgIpc) is 2.10. The Morgan fingerprint density at radius 1 is 1.15 bits per heavy atom. The molecule has 0 N–H and O–H groups in total. The first-order chi connectivity index (χ1) is 6.25. The molecule has 1 aromatic rings. The molecule has 1 rings (SSSR count). The molecule has 13 heavy (non-hydrogen) atoms. The van der Waals surface area contributed by atoms with Gasteiger partial charge in [-0.25, -0.2) is 0 Å². The van der Waals surface area contributed by atoms with Crippen molar-refractivity contribution < 1.29 is 4.74 Å². The van der Waals surface area contributed by atoms with Crippen molar-refractivity contribution in [3.63, 3.8) is 0 Å². The molecule has 0 radical (unpaired) electrons. The summed E-state index contributed by atoms with van der Waals surface area (Å²) in [6.07, 6.45) is 1.01. The summed E-state index contributed by atoms with van der Waals surface area (Å²) >= 11 is 10.2. The minimum Gasteiger partial charge on any atom is -0.491 e. The molecule has 72 valence electrons. The fourth-order valence-electron chi connectivity index (χ4n) is 0.849. The molecule has 0 aliphatic carbocycles. The highest BCUT2D eigenvalue weighted by atomic mass is 79.9. The Bertz CT molecular complexity index is 255. The first-order valence-corrected chi connectivity index (χ1v) is 6.59. The zero-order valence-electron chi connectivity index (χ0n) is 6.90. The Morgan fingerprint density at radius 3 is 2.31 bits per heavy atom. The summed E-state index contributed by atoms with van der Waals surface area (Å²) in [6, 6.07) is 5.90. The van der Waals surface area contributed by atoms with Crippen LogP contribution in [0.4, 0.5) is 0 Å². The van der Waals surface area contributed by atoms with Crippen LogP contribution < -0.4 is 4.74 Å². The second-order valence-electron chi connectivity index (χ2n) is 2.44. The van der Waals surface area contributed by atoms with Crippen molar-refractivity contribution in [3.05, 3.63) is 27.1 Å². The van der Waals surface area contributed by atoms with Gasteiger partial charge in [-0.3, -0.25) is 0 Å². The molecule has 4 heteroatoms. The molecule has 0 saturated heterocycles. The zero-order valence-corrected chi connectivity index (χ0v) is 11.7. The maximum absolute atomic E-state index is 5.58. The molecule has 0 saturated carbocycles. The van der Waals surface area contributed by atoms with Gasteiger partial charge >= 0.3 is 0 Å². The van der Waals surface area contributed by atoms with Crippen LogP contribution in [-0.2, 0) is 0 Å². The minimum absolute atomic E-state index is 0.729. The lowest BCUT2D eigenvalue weighted by molar-refractivity contribution is 0.315. The van der Waals surface area contributed by atoms with Crippen molar-refractivity contribution in [3.8, 4) is 5.75 Å². The number of benzene rings is 1. The lowest BCUT2D eigenvalue weighted by atomic mass is 10.3.